The summed E-state index contributed by atoms with van der Waals surface area (Å²) in [6.45, 7) is 2.66. The van der Waals surface area contributed by atoms with E-state index in [1.807, 2.05) is 24.3 Å². The molecule has 0 spiro atoms. The molecule has 3 heterocycles. The number of piperidine rings is 1. The average Bonchev–Trinajstić information content (AvgIpc) is 3.41. The molecular formula is C20H25N5O3S. The summed E-state index contributed by atoms with van der Waals surface area (Å²) in [7, 11) is 1.63. The van der Waals surface area contributed by atoms with Gasteiger partial charge in [0.2, 0.25) is 22.1 Å². The van der Waals surface area contributed by atoms with Crippen LogP contribution in [-0.2, 0) is 16.1 Å². The molecule has 1 aromatic carbocycles. The van der Waals surface area contributed by atoms with E-state index in [2.05, 4.69) is 20.4 Å². The Bertz CT molecular complexity index is 887. The minimum absolute atomic E-state index is 0.0528. The number of nitrogens with one attached hydrogen (secondary N) is 1. The molecule has 4 rings (SSSR count). The summed E-state index contributed by atoms with van der Waals surface area (Å²) < 4.78 is 5.23. The summed E-state index contributed by atoms with van der Waals surface area (Å²) in [4.78, 5) is 28.5. The average molecular weight is 416 g/mol. The van der Waals surface area contributed by atoms with E-state index in [-0.39, 0.29) is 17.7 Å². The van der Waals surface area contributed by atoms with Gasteiger partial charge in [0.05, 0.1) is 13.0 Å². The zero-order chi connectivity index (χ0) is 20.2. The van der Waals surface area contributed by atoms with Gasteiger partial charge in [-0.05, 0) is 37.0 Å². The molecule has 2 aliphatic rings. The molecule has 1 aromatic heterocycles. The van der Waals surface area contributed by atoms with Crippen LogP contribution in [0.1, 0.15) is 31.2 Å². The quantitative estimate of drug-likeness (QED) is 0.778. The van der Waals surface area contributed by atoms with Crippen molar-refractivity contribution in [1.29, 1.82) is 0 Å². The van der Waals surface area contributed by atoms with Gasteiger partial charge < -0.3 is 15.0 Å². The van der Waals surface area contributed by atoms with Crippen molar-refractivity contribution in [3.05, 3.63) is 29.8 Å². The fourth-order valence-corrected chi connectivity index (χ4v) is 4.70. The van der Waals surface area contributed by atoms with Crippen molar-refractivity contribution in [3.8, 4) is 5.75 Å². The number of aromatic nitrogens is 2. The monoisotopic (exact) mass is 415 g/mol. The van der Waals surface area contributed by atoms with Gasteiger partial charge in [-0.1, -0.05) is 23.5 Å². The van der Waals surface area contributed by atoms with E-state index in [1.165, 1.54) is 11.3 Å². The number of ether oxygens (including phenoxy) is 1. The van der Waals surface area contributed by atoms with Crippen molar-refractivity contribution < 1.29 is 14.3 Å². The molecule has 29 heavy (non-hydrogen) atoms. The predicted molar refractivity (Wildman–Crippen MR) is 111 cm³/mol. The highest BCUT2D eigenvalue weighted by atomic mass is 32.1. The molecule has 0 bridgehead atoms. The highest BCUT2D eigenvalue weighted by molar-refractivity contribution is 7.19. The van der Waals surface area contributed by atoms with Gasteiger partial charge >= 0.3 is 0 Å². The third-order valence-corrected chi connectivity index (χ3v) is 6.38. The lowest BCUT2D eigenvalue weighted by molar-refractivity contribution is -0.125. The van der Waals surface area contributed by atoms with Crippen molar-refractivity contribution in [2.45, 2.75) is 32.2 Å². The second kappa shape index (κ2) is 8.77. The first-order chi connectivity index (χ1) is 14.1. The summed E-state index contributed by atoms with van der Waals surface area (Å²) in [6, 6.07) is 7.70. The Labute approximate surface area is 173 Å². The fraction of sp³-hybridized carbons (Fsp3) is 0.500. The summed E-state index contributed by atoms with van der Waals surface area (Å²) >= 11 is 1.43. The van der Waals surface area contributed by atoms with Gasteiger partial charge in [-0.25, -0.2) is 0 Å². The van der Waals surface area contributed by atoms with Crippen LogP contribution >= 0.6 is 11.3 Å². The number of nitrogens with zero attached hydrogens (tertiary/aromatic N) is 4. The molecule has 9 heteroatoms. The number of rotatable bonds is 6. The number of carbonyl (C=O) groups excluding carboxylic acids is 2. The normalized spacial score (nSPS) is 19.5. The first-order valence-corrected chi connectivity index (χ1v) is 10.7. The molecule has 1 atom stereocenters. The van der Waals surface area contributed by atoms with Crippen LogP contribution in [0, 0.1) is 5.92 Å². The largest absolute Gasteiger partial charge is 0.497 e. The van der Waals surface area contributed by atoms with Gasteiger partial charge in [-0.2, -0.15) is 0 Å². The van der Waals surface area contributed by atoms with E-state index in [9.17, 15) is 9.59 Å². The Hall–Kier alpha value is -2.68. The molecule has 2 aromatic rings. The fourth-order valence-electron chi connectivity index (χ4n) is 3.78. The molecule has 0 saturated carbocycles. The number of benzene rings is 1. The van der Waals surface area contributed by atoms with Crippen LogP contribution in [0.15, 0.2) is 24.3 Å². The van der Waals surface area contributed by atoms with Gasteiger partial charge in [-0.3, -0.25) is 14.5 Å². The Kier molecular flexibility index (Phi) is 5.94. The SMILES string of the molecule is COc1cccc(CNC(=O)C2CCCN(c3nnc(N4CCCC4=O)s3)C2)c1. The second-order valence-electron chi connectivity index (χ2n) is 7.37. The molecule has 2 saturated heterocycles. The molecule has 0 radical (unpaired) electrons. The van der Waals surface area contributed by atoms with E-state index in [1.54, 1.807) is 12.0 Å². The van der Waals surface area contributed by atoms with Crippen LogP contribution in [0.25, 0.3) is 0 Å². The highest BCUT2D eigenvalue weighted by Crippen LogP contribution is 2.32. The topological polar surface area (TPSA) is 87.7 Å². The smallest absolute Gasteiger partial charge is 0.228 e. The Morgan fingerprint density at radius 1 is 1.28 bits per heavy atom. The number of hydrogen-bond donors (Lipinski definition) is 1. The van der Waals surface area contributed by atoms with Gasteiger partial charge in [0.1, 0.15) is 5.75 Å². The molecule has 1 unspecified atom stereocenters. The molecule has 8 nitrogen and oxygen atoms in total. The minimum atomic E-state index is -0.0878. The number of amides is 2. The third kappa shape index (κ3) is 4.50. The molecule has 1 N–H and O–H groups in total. The predicted octanol–water partition coefficient (Wildman–Crippen LogP) is 2.21. The van der Waals surface area contributed by atoms with Crippen LogP contribution in [0.2, 0.25) is 0 Å². The Morgan fingerprint density at radius 2 is 2.14 bits per heavy atom. The molecule has 0 aliphatic carbocycles. The van der Waals surface area contributed by atoms with E-state index >= 15 is 0 Å². The van der Waals surface area contributed by atoms with E-state index < -0.39 is 0 Å². The second-order valence-corrected chi connectivity index (χ2v) is 8.31. The van der Waals surface area contributed by atoms with Crippen molar-refractivity contribution in [1.82, 2.24) is 15.5 Å². The van der Waals surface area contributed by atoms with E-state index in [0.29, 0.717) is 31.2 Å². The van der Waals surface area contributed by atoms with Crippen LogP contribution in [-0.4, -0.2) is 48.8 Å². The van der Waals surface area contributed by atoms with Gasteiger partial charge in [0.25, 0.3) is 0 Å². The number of anilines is 2. The van der Waals surface area contributed by atoms with Gasteiger partial charge in [0.15, 0.2) is 0 Å². The van der Waals surface area contributed by atoms with Crippen LogP contribution < -0.4 is 19.9 Å². The van der Waals surface area contributed by atoms with Crippen LogP contribution in [0.5, 0.6) is 5.75 Å². The van der Waals surface area contributed by atoms with Crippen molar-refractivity contribution in [2.24, 2.45) is 5.92 Å². The minimum Gasteiger partial charge on any atom is -0.497 e. The third-order valence-electron chi connectivity index (χ3n) is 5.37. The number of carbonyl (C=O) groups is 2. The van der Waals surface area contributed by atoms with Crippen LogP contribution in [0.3, 0.4) is 0 Å². The summed E-state index contributed by atoms with van der Waals surface area (Å²) in [5.74, 6) is 0.859. The summed E-state index contributed by atoms with van der Waals surface area (Å²) in [6.07, 6.45) is 3.23. The lowest BCUT2D eigenvalue weighted by Crippen LogP contribution is -2.43. The first-order valence-electron chi connectivity index (χ1n) is 9.93. The van der Waals surface area contributed by atoms with Crippen molar-refractivity contribution in [3.63, 3.8) is 0 Å². The molecular weight excluding hydrogens is 390 g/mol. The highest BCUT2D eigenvalue weighted by Gasteiger charge is 2.30. The van der Waals surface area contributed by atoms with Gasteiger partial charge in [0, 0.05) is 32.6 Å². The van der Waals surface area contributed by atoms with Crippen molar-refractivity contribution in [2.75, 3.05) is 36.5 Å². The van der Waals surface area contributed by atoms with Gasteiger partial charge in [-0.15, -0.1) is 10.2 Å². The van der Waals surface area contributed by atoms with E-state index in [4.69, 9.17) is 4.74 Å². The molecule has 2 aliphatic heterocycles. The maximum atomic E-state index is 12.7. The van der Waals surface area contributed by atoms with Crippen LogP contribution in [0.4, 0.5) is 10.3 Å². The maximum absolute atomic E-state index is 12.7. The molecule has 154 valence electrons. The molecule has 2 fully saturated rings. The number of methoxy groups -OCH3 is 1. The standard InChI is InChI=1S/C20H25N5O3S/c1-28-16-7-2-5-14(11-16)12-21-18(27)15-6-3-9-24(13-15)19-22-23-20(29-19)25-10-4-8-17(25)26/h2,5,7,11,15H,3-4,6,8-10,12-13H2,1H3,(H,21,27). The first kappa shape index (κ1) is 19.6. The summed E-state index contributed by atoms with van der Waals surface area (Å²) in [5.41, 5.74) is 1.01. The lowest BCUT2D eigenvalue weighted by Gasteiger charge is -2.31. The van der Waals surface area contributed by atoms with E-state index in [0.717, 1.165) is 42.3 Å². The van der Waals surface area contributed by atoms with Crippen molar-refractivity contribution >= 4 is 33.4 Å². The summed E-state index contributed by atoms with van der Waals surface area (Å²) in [5, 5.41) is 13.0. The zero-order valence-corrected chi connectivity index (χ0v) is 17.3. The zero-order valence-electron chi connectivity index (χ0n) is 16.5. The molecule has 2 amide bonds. The number of hydrogen-bond acceptors (Lipinski definition) is 7. The Balaban J connectivity index is 1.35. The Morgan fingerprint density at radius 3 is 2.93 bits per heavy atom. The lowest BCUT2D eigenvalue weighted by atomic mass is 9.97. The maximum Gasteiger partial charge on any atom is 0.228 e.